The molecule has 170 valence electrons. The number of sulfonamides is 1. The fourth-order valence-electron chi connectivity index (χ4n) is 3.45. The molecule has 34 heavy (non-hydrogen) atoms. The number of nitrogens with one attached hydrogen (secondary N) is 4. The first kappa shape index (κ1) is 21.2. The van der Waals surface area contributed by atoms with Gasteiger partial charge in [0.15, 0.2) is 5.82 Å². The standard InChI is InChI=1S/C23H18N6O4S/c30-22(26-21-12-13-29(27-21)15-6-2-1-3-7-15)17-8-4-5-9-18(17)28-34(32,33)16-10-11-19-20(14-16)25-23(31)24-19/h1-14,28H,(H2,24,25,31)(H,26,27,30). The maximum absolute atomic E-state index is 13.0. The summed E-state index contributed by atoms with van der Waals surface area (Å²) in [7, 11) is -4.04. The zero-order valence-corrected chi connectivity index (χ0v) is 18.3. The van der Waals surface area contributed by atoms with Gasteiger partial charge in [-0.15, -0.1) is 0 Å². The topological polar surface area (TPSA) is 142 Å². The summed E-state index contributed by atoms with van der Waals surface area (Å²) >= 11 is 0. The Labute approximate surface area is 193 Å². The summed E-state index contributed by atoms with van der Waals surface area (Å²) in [6.07, 6.45) is 1.71. The lowest BCUT2D eigenvalue weighted by atomic mass is 10.1. The summed E-state index contributed by atoms with van der Waals surface area (Å²) in [5.41, 5.74) is 1.46. The Morgan fingerprint density at radius 3 is 2.44 bits per heavy atom. The van der Waals surface area contributed by atoms with Crippen molar-refractivity contribution in [3.63, 3.8) is 0 Å². The summed E-state index contributed by atoms with van der Waals surface area (Å²) < 4.78 is 30.0. The zero-order valence-electron chi connectivity index (χ0n) is 17.5. The van der Waals surface area contributed by atoms with Gasteiger partial charge in [0.05, 0.1) is 32.9 Å². The van der Waals surface area contributed by atoms with Gasteiger partial charge in [-0.1, -0.05) is 30.3 Å². The first-order valence-electron chi connectivity index (χ1n) is 10.2. The Kier molecular flexibility index (Phi) is 5.22. The van der Waals surface area contributed by atoms with Crippen LogP contribution in [-0.4, -0.2) is 34.1 Å². The average Bonchev–Trinajstić information content (AvgIpc) is 3.44. The molecule has 0 atom stereocenters. The van der Waals surface area contributed by atoms with E-state index in [0.717, 1.165) is 5.69 Å². The second-order valence-electron chi connectivity index (χ2n) is 7.37. The molecule has 0 bridgehead atoms. The molecule has 0 radical (unpaired) electrons. The maximum atomic E-state index is 13.0. The number of rotatable bonds is 6. The van der Waals surface area contributed by atoms with Gasteiger partial charge >= 0.3 is 5.69 Å². The summed E-state index contributed by atoms with van der Waals surface area (Å²) in [6, 6.07) is 21.5. The number of aromatic nitrogens is 4. The van der Waals surface area contributed by atoms with Gasteiger partial charge in [-0.25, -0.2) is 17.9 Å². The number of amides is 1. The van der Waals surface area contributed by atoms with Crippen LogP contribution in [0.2, 0.25) is 0 Å². The van der Waals surface area contributed by atoms with Crippen LogP contribution in [0.15, 0.2) is 94.7 Å². The minimum atomic E-state index is -4.04. The molecule has 11 heteroatoms. The van der Waals surface area contributed by atoms with Crippen molar-refractivity contribution < 1.29 is 13.2 Å². The second-order valence-corrected chi connectivity index (χ2v) is 9.06. The van der Waals surface area contributed by atoms with Crippen LogP contribution in [-0.2, 0) is 10.0 Å². The van der Waals surface area contributed by atoms with E-state index in [0.29, 0.717) is 16.9 Å². The maximum Gasteiger partial charge on any atom is 0.323 e. The highest BCUT2D eigenvalue weighted by atomic mass is 32.2. The quantitative estimate of drug-likeness (QED) is 0.299. The van der Waals surface area contributed by atoms with Crippen LogP contribution in [0.5, 0.6) is 0 Å². The fraction of sp³-hybridized carbons (Fsp3) is 0. The number of hydrogen-bond acceptors (Lipinski definition) is 5. The van der Waals surface area contributed by atoms with Crippen molar-refractivity contribution in [1.29, 1.82) is 0 Å². The molecule has 5 rings (SSSR count). The van der Waals surface area contributed by atoms with Gasteiger partial charge in [-0.3, -0.25) is 9.52 Å². The molecule has 2 aromatic heterocycles. The number of H-pyrrole nitrogens is 2. The van der Waals surface area contributed by atoms with E-state index in [9.17, 15) is 18.0 Å². The summed E-state index contributed by atoms with van der Waals surface area (Å²) in [4.78, 5) is 29.4. The minimum absolute atomic E-state index is 0.0629. The molecule has 10 nitrogen and oxygen atoms in total. The molecule has 0 aliphatic rings. The SMILES string of the molecule is O=C(Nc1ccn(-c2ccccc2)n1)c1ccccc1NS(=O)(=O)c1ccc2[nH]c(=O)[nH]c2c1. The molecule has 0 spiro atoms. The Hall–Kier alpha value is -4.64. The van der Waals surface area contributed by atoms with E-state index < -0.39 is 21.6 Å². The normalized spacial score (nSPS) is 11.4. The number of nitrogens with zero attached hydrogens (tertiary/aromatic N) is 2. The summed E-state index contributed by atoms with van der Waals surface area (Å²) in [5.74, 6) is -0.213. The molecule has 0 fully saturated rings. The van der Waals surface area contributed by atoms with Gasteiger partial charge in [-0.05, 0) is 42.5 Å². The molecule has 0 saturated heterocycles. The lowest BCUT2D eigenvalue weighted by molar-refractivity contribution is 0.102. The van der Waals surface area contributed by atoms with Crippen molar-refractivity contribution in [2.75, 3.05) is 10.0 Å². The van der Waals surface area contributed by atoms with E-state index in [1.807, 2.05) is 30.3 Å². The molecule has 3 aromatic carbocycles. The number of imidazole rings is 1. The molecule has 0 aliphatic carbocycles. The predicted octanol–water partition coefficient (Wildman–Crippen LogP) is 3.10. The number of carbonyl (C=O) groups is 1. The third-order valence-electron chi connectivity index (χ3n) is 5.07. The van der Waals surface area contributed by atoms with Crippen molar-refractivity contribution >= 4 is 38.5 Å². The van der Waals surface area contributed by atoms with Crippen molar-refractivity contribution in [3.8, 4) is 5.69 Å². The van der Waals surface area contributed by atoms with Crippen LogP contribution in [0.25, 0.3) is 16.7 Å². The highest BCUT2D eigenvalue weighted by Gasteiger charge is 2.20. The third kappa shape index (κ3) is 4.19. The van der Waals surface area contributed by atoms with E-state index in [2.05, 4.69) is 25.1 Å². The average molecular weight is 475 g/mol. The Bertz CT molecular complexity index is 1670. The molecule has 4 N–H and O–H groups in total. The molecule has 0 aliphatic heterocycles. The van der Waals surface area contributed by atoms with Crippen molar-refractivity contribution in [2.24, 2.45) is 0 Å². The first-order valence-corrected chi connectivity index (χ1v) is 11.6. The van der Waals surface area contributed by atoms with Gasteiger partial charge in [-0.2, -0.15) is 5.10 Å². The van der Waals surface area contributed by atoms with E-state index in [-0.39, 0.29) is 16.1 Å². The Morgan fingerprint density at radius 2 is 1.62 bits per heavy atom. The molecule has 0 unspecified atom stereocenters. The van der Waals surface area contributed by atoms with Gasteiger partial charge in [0.1, 0.15) is 0 Å². The largest absolute Gasteiger partial charge is 0.323 e. The van der Waals surface area contributed by atoms with Gasteiger partial charge in [0.25, 0.3) is 15.9 Å². The van der Waals surface area contributed by atoms with Gasteiger partial charge in [0, 0.05) is 12.3 Å². The predicted molar refractivity (Wildman–Crippen MR) is 128 cm³/mol. The number of hydrogen-bond donors (Lipinski definition) is 4. The molecule has 2 heterocycles. The lowest BCUT2D eigenvalue weighted by Gasteiger charge is -2.12. The fourth-order valence-corrected chi connectivity index (χ4v) is 4.56. The molecule has 0 saturated carbocycles. The lowest BCUT2D eigenvalue weighted by Crippen LogP contribution is -2.19. The van der Waals surface area contributed by atoms with E-state index in [1.54, 1.807) is 29.1 Å². The van der Waals surface area contributed by atoms with Crippen LogP contribution in [0.1, 0.15) is 10.4 Å². The summed E-state index contributed by atoms with van der Waals surface area (Å²) in [6.45, 7) is 0. The number of aromatic amines is 2. The third-order valence-corrected chi connectivity index (χ3v) is 6.43. The van der Waals surface area contributed by atoms with Crippen molar-refractivity contribution in [3.05, 3.63) is 101 Å². The number of fused-ring (bicyclic) bond motifs is 1. The van der Waals surface area contributed by atoms with E-state index >= 15 is 0 Å². The zero-order chi connectivity index (χ0) is 23.7. The molecular weight excluding hydrogens is 456 g/mol. The van der Waals surface area contributed by atoms with Gasteiger partial charge < -0.3 is 15.3 Å². The van der Waals surface area contributed by atoms with Crippen LogP contribution >= 0.6 is 0 Å². The first-order chi connectivity index (χ1) is 16.4. The second kappa shape index (κ2) is 8.37. The van der Waals surface area contributed by atoms with Crippen LogP contribution in [0, 0.1) is 0 Å². The van der Waals surface area contributed by atoms with Gasteiger partial charge in [0.2, 0.25) is 0 Å². The Morgan fingerprint density at radius 1 is 0.882 bits per heavy atom. The van der Waals surface area contributed by atoms with E-state index in [4.69, 9.17) is 0 Å². The van der Waals surface area contributed by atoms with Crippen molar-refractivity contribution in [2.45, 2.75) is 4.90 Å². The Balaban J connectivity index is 1.39. The number of para-hydroxylation sites is 2. The van der Waals surface area contributed by atoms with Crippen molar-refractivity contribution in [1.82, 2.24) is 19.7 Å². The monoisotopic (exact) mass is 474 g/mol. The summed E-state index contributed by atoms with van der Waals surface area (Å²) in [5, 5.41) is 7.03. The number of anilines is 2. The minimum Gasteiger partial charge on any atom is -0.306 e. The molecular formula is C23H18N6O4S. The molecule has 5 aromatic rings. The highest BCUT2D eigenvalue weighted by molar-refractivity contribution is 7.92. The number of carbonyl (C=O) groups excluding carboxylic acids is 1. The van der Waals surface area contributed by atoms with Crippen LogP contribution < -0.4 is 15.7 Å². The van der Waals surface area contributed by atoms with E-state index in [1.165, 1.54) is 30.3 Å². The van der Waals surface area contributed by atoms with Crippen LogP contribution in [0.4, 0.5) is 11.5 Å². The molecule has 1 amide bonds. The number of benzene rings is 3. The smallest absolute Gasteiger partial charge is 0.306 e. The van der Waals surface area contributed by atoms with Crippen LogP contribution in [0.3, 0.4) is 0 Å². The highest BCUT2D eigenvalue weighted by Crippen LogP contribution is 2.23.